The minimum atomic E-state index is -1.23. The van der Waals surface area contributed by atoms with E-state index in [0.29, 0.717) is 32.5 Å². The molecule has 0 radical (unpaired) electrons. The number of hydrogen-bond donors (Lipinski definition) is 3. The third kappa shape index (κ3) is 6.43. The van der Waals surface area contributed by atoms with Crippen LogP contribution in [0.5, 0.6) is 0 Å². The number of carboxylic acid groups (broad SMARTS) is 1. The van der Waals surface area contributed by atoms with Crippen molar-refractivity contribution in [1.29, 1.82) is 0 Å². The van der Waals surface area contributed by atoms with Gasteiger partial charge in [-0.15, -0.1) is 0 Å². The number of alkyl carbamates (subject to hydrolysis) is 1. The average molecular weight is 556 g/mol. The second-order valence-corrected chi connectivity index (χ2v) is 11.0. The lowest BCUT2D eigenvalue weighted by molar-refractivity contribution is -0.138. The Kier molecular flexibility index (Phi) is 8.69. The summed E-state index contributed by atoms with van der Waals surface area (Å²) in [5, 5.41) is 15.2. The van der Waals surface area contributed by atoms with E-state index in [-0.39, 0.29) is 24.9 Å². The molecule has 3 aromatic rings. The first-order chi connectivity index (χ1) is 19.9. The van der Waals surface area contributed by atoms with E-state index in [4.69, 9.17) is 4.74 Å². The number of rotatable bonds is 11. The molecule has 5 rings (SSSR count). The molecule has 0 saturated carbocycles. The highest BCUT2D eigenvalue weighted by atomic mass is 16.5. The Morgan fingerprint density at radius 2 is 1.61 bits per heavy atom. The monoisotopic (exact) mass is 555 g/mol. The topological polar surface area (TPSA) is 108 Å². The lowest BCUT2D eigenvalue weighted by Gasteiger charge is -2.31. The number of likely N-dealkylation sites (tertiary alicyclic amines) is 1. The zero-order chi connectivity index (χ0) is 28.8. The van der Waals surface area contributed by atoms with Crippen molar-refractivity contribution in [2.24, 2.45) is 0 Å². The van der Waals surface area contributed by atoms with E-state index >= 15 is 0 Å². The van der Waals surface area contributed by atoms with Gasteiger partial charge in [-0.05, 0) is 40.7 Å². The number of carboxylic acids is 1. The van der Waals surface area contributed by atoms with Gasteiger partial charge < -0.3 is 20.5 Å². The maximum Gasteiger partial charge on any atom is 0.408 e. The van der Waals surface area contributed by atoms with Crippen LogP contribution in [0.2, 0.25) is 0 Å². The van der Waals surface area contributed by atoms with Crippen molar-refractivity contribution in [2.75, 3.05) is 19.7 Å². The third-order valence-electron chi connectivity index (χ3n) is 8.11. The molecule has 0 spiro atoms. The Balaban J connectivity index is 1.31. The molecule has 2 amide bonds. The summed E-state index contributed by atoms with van der Waals surface area (Å²) in [4.78, 5) is 40.6. The van der Waals surface area contributed by atoms with E-state index in [9.17, 15) is 19.5 Å². The zero-order valence-electron chi connectivity index (χ0n) is 23.3. The van der Waals surface area contributed by atoms with Crippen LogP contribution in [0.25, 0.3) is 11.1 Å². The summed E-state index contributed by atoms with van der Waals surface area (Å²) >= 11 is 0. The first-order valence-electron chi connectivity index (χ1n) is 14.3. The van der Waals surface area contributed by atoms with Gasteiger partial charge in [0.2, 0.25) is 5.91 Å². The van der Waals surface area contributed by atoms with Gasteiger partial charge >= 0.3 is 12.1 Å². The van der Waals surface area contributed by atoms with E-state index in [0.717, 1.165) is 34.2 Å². The van der Waals surface area contributed by atoms with Crippen molar-refractivity contribution in [3.63, 3.8) is 0 Å². The predicted octanol–water partition coefficient (Wildman–Crippen LogP) is 4.93. The maximum atomic E-state index is 13.8. The minimum absolute atomic E-state index is 0.0967. The number of ether oxygens (including phenoxy) is 1. The molecule has 3 N–H and O–H groups in total. The Morgan fingerprint density at radius 1 is 0.976 bits per heavy atom. The van der Waals surface area contributed by atoms with Gasteiger partial charge in [0.25, 0.3) is 0 Å². The van der Waals surface area contributed by atoms with Crippen molar-refractivity contribution in [3.8, 4) is 11.1 Å². The quantitative estimate of drug-likeness (QED) is 0.310. The van der Waals surface area contributed by atoms with E-state index in [1.54, 1.807) is 0 Å². The maximum absolute atomic E-state index is 13.8. The second kappa shape index (κ2) is 12.6. The van der Waals surface area contributed by atoms with E-state index < -0.39 is 23.6 Å². The van der Waals surface area contributed by atoms with Gasteiger partial charge in [0.05, 0.1) is 6.42 Å². The summed E-state index contributed by atoms with van der Waals surface area (Å²) in [5.74, 6) is -1.44. The van der Waals surface area contributed by atoms with Gasteiger partial charge in [-0.2, -0.15) is 0 Å². The Hall–Kier alpha value is -4.17. The van der Waals surface area contributed by atoms with Gasteiger partial charge in [0.15, 0.2) is 0 Å². The first-order valence-corrected chi connectivity index (χ1v) is 14.3. The van der Waals surface area contributed by atoms with Gasteiger partial charge in [-0.1, -0.05) is 92.2 Å². The van der Waals surface area contributed by atoms with Gasteiger partial charge in [-0.25, -0.2) is 4.79 Å². The van der Waals surface area contributed by atoms with Crippen LogP contribution in [-0.2, 0) is 20.9 Å². The number of amides is 2. The number of aliphatic carboxylic acids is 1. The normalized spacial score (nSPS) is 18.8. The minimum Gasteiger partial charge on any atom is -0.481 e. The summed E-state index contributed by atoms with van der Waals surface area (Å²) in [7, 11) is 0. The third-order valence-corrected chi connectivity index (χ3v) is 8.11. The summed E-state index contributed by atoms with van der Waals surface area (Å²) in [6.45, 7) is 3.62. The average Bonchev–Trinajstić information content (AvgIpc) is 3.51. The summed E-state index contributed by atoms with van der Waals surface area (Å²) in [5.41, 5.74) is 4.38. The smallest absolute Gasteiger partial charge is 0.408 e. The Labute approximate surface area is 240 Å². The largest absolute Gasteiger partial charge is 0.481 e. The zero-order valence-corrected chi connectivity index (χ0v) is 23.3. The van der Waals surface area contributed by atoms with Crippen LogP contribution in [0.3, 0.4) is 0 Å². The second-order valence-electron chi connectivity index (χ2n) is 11.0. The molecule has 2 atom stereocenters. The SMILES string of the molecule is CCCC(CC(=O)O)NC(=O)C1(NC(=O)OCC2c3ccccc3-c3ccccc32)CCN(Cc2ccccc2)C1. The molecule has 2 aliphatic rings. The van der Waals surface area contributed by atoms with Gasteiger partial charge in [0, 0.05) is 31.6 Å². The molecule has 8 heteroatoms. The number of hydrogen-bond acceptors (Lipinski definition) is 5. The Bertz CT molecular complexity index is 1350. The number of fused-ring (bicyclic) bond motifs is 3. The van der Waals surface area contributed by atoms with Gasteiger partial charge in [-0.3, -0.25) is 14.5 Å². The highest BCUT2D eigenvalue weighted by molar-refractivity contribution is 5.91. The van der Waals surface area contributed by atoms with Crippen molar-refractivity contribution in [3.05, 3.63) is 95.6 Å². The summed E-state index contributed by atoms with van der Waals surface area (Å²) in [6, 6.07) is 25.7. The molecule has 0 bridgehead atoms. The van der Waals surface area contributed by atoms with Crippen molar-refractivity contribution in [1.82, 2.24) is 15.5 Å². The standard InChI is InChI=1S/C33H37N3O5/c1-2-10-24(19-30(37)38)34-31(39)33(17-18-36(22-33)20-23-11-4-3-5-12-23)35-32(40)41-21-29-27-15-8-6-13-25(27)26-14-7-9-16-28(26)29/h3-9,11-16,24,29H,2,10,17-22H2,1H3,(H,34,39)(H,35,40)(H,37,38). The Morgan fingerprint density at radius 3 is 2.24 bits per heavy atom. The molecule has 2 unspecified atom stereocenters. The van der Waals surface area contributed by atoms with Crippen LogP contribution in [-0.4, -0.2) is 59.3 Å². The van der Waals surface area contributed by atoms with Crippen molar-refractivity contribution >= 4 is 18.0 Å². The molecule has 1 aliphatic heterocycles. The van der Waals surface area contributed by atoms with E-state index in [1.807, 2.05) is 61.5 Å². The van der Waals surface area contributed by atoms with Gasteiger partial charge in [0.1, 0.15) is 12.1 Å². The fourth-order valence-electron chi connectivity index (χ4n) is 6.15. The molecule has 8 nitrogen and oxygen atoms in total. The van der Waals surface area contributed by atoms with E-state index in [1.165, 1.54) is 0 Å². The molecule has 1 aliphatic carbocycles. The molecule has 1 saturated heterocycles. The van der Waals surface area contributed by atoms with Crippen LogP contribution in [0.4, 0.5) is 4.79 Å². The number of nitrogens with zero attached hydrogens (tertiary/aromatic N) is 1. The highest BCUT2D eigenvalue weighted by Crippen LogP contribution is 2.44. The molecule has 3 aromatic carbocycles. The molecule has 0 aromatic heterocycles. The number of carbonyl (C=O) groups is 3. The lowest BCUT2D eigenvalue weighted by Crippen LogP contribution is -2.62. The van der Waals surface area contributed by atoms with Crippen molar-refractivity contribution in [2.45, 2.75) is 56.7 Å². The summed E-state index contributed by atoms with van der Waals surface area (Å²) < 4.78 is 5.80. The molecular weight excluding hydrogens is 518 g/mol. The number of benzene rings is 3. The predicted molar refractivity (Wildman–Crippen MR) is 156 cm³/mol. The first kappa shape index (κ1) is 28.4. The summed E-state index contributed by atoms with van der Waals surface area (Å²) in [6.07, 6.45) is 0.822. The molecular formula is C33H37N3O5. The fraction of sp³-hybridized carbons (Fsp3) is 0.364. The highest BCUT2D eigenvalue weighted by Gasteiger charge is 2.47. The van der Waals surface area contributed by atoms with E-state index in [2.05, 4.69) is 39.8 Å². The lowest BCUT2D eigenvalue weighted by atomic mass is 9.96. The molecule has 1 heterocycles. The van der Waals surface area contributed by atoms with Crippen molar-refractivity contribution < 1.29 is 24.2 Å². The van der Waals surface area contributed by atoms with Crippen LogP contribution < -0.4 is 10.6 Å². The fourth-order valence-corrected chi connectivity index (χ4v) is 6.15. The van der Waals surface area contributed by atoms with Crippen LogP contribution >= 0.6 is 0 Å². The number of carbonyl (C=O) groups excluding carboxylic acids is 2. The molecule has 1 fully saturated rings. The van der Waals surface area contributed by atoms with Crippen LogP contribution in [0.15, 0.2) is 78.9 Å². The molecule has 41 heavy (non-hydrogen) atoms. The molecule has 214 valence electrons. The number of nitrogens with one attached hydrogen (secondary N) is 2. The van der Waals surface area contributed by atoms with Crippen LogP contribution in [0, 0.1) is 0 Å². The van der Waals surface area contributed by atoms with Crippen LogP contribution in [0.1, 0.15) is 55.2 Å².